The monoisotopic (exact) mass is 217 g/mol. The molecule has 0 aliphatic carbocycles. The maximum absolute atomic E-state index is 8.25. The first kappa shape index (κ1) is 16.8. The van der Waals surface area contributed by atoms with E-state index in [1.807, 2.05) is 0 Å². The van der Waals surface area contributed by atoms with Crippen LogP contribution in [0.3, 0.4) is 0 Å². The molecule has 0 N–H and O–H groups in total. The van der Waals surface area contributed by atoms with Crippen molar-refractivity contribution in [1.29, 1.82) is 0 Å². The molecule has 1 nitrogen and oxygen atoms in total. The van der Waals surface area contributed by atoms with Crippen LogP contribution in [0.2, 0.25) is 0 Å². The Balaban J connectivity index is -0.00000000500. The summed E-state index contributed by atoms with van der Waals surface area (Å²) in [5.41, 5.74) is 0. The number of hydrogen-bond acceptors (Lipinski definition) is 1. The second-order valence-corrected chi connectivity index (χ2v) is 0. The van der Waals surface area contributed by atoms with Crippen molar-refractivity contribution in [3.8, 4) is 0 Å². The fourth-order valence-electron chi connectivity index (χ4n) is 0. The first-order chi connectivity index (χ1) is 1.00. The molecule has 0 atom stereocenters. The van der Waals surface area contributed by atoms with Gasteiger partial charge in [-0.2, -0.15) is 0 Å². The fraction of sp³-hybridized carbons (Fsp3) is 0. The molecule has 0 aromatic rings. The minimum atomic E-state index is 0. The van der Waals surface area contributed by atoms with Crippen LogP contribution < -0.4 is 0 Å². The van der Waals surface area contributed by atoms with E-state index in [1.54, 1.807) is 0 Å². The number of hydrogen-bond donors (Lipinski definition) is 0. The molecule has 25 valence electrons. The van der Waals surface area contributed by atoms with E-state index < -0.39 is 0 Å². The molecule has 1 radical (unpaired) electrons. The molecule has 0 unspecified atom stereocenters. The van der Waals surface area contributed by atoms with Gasteiger partial charge in [-0.15, -0.1) is 0 Å². The Labute approximate surface area is 66.2 Å². The zero-order valence-corrected chi connectivity index (χ0v) is 6.67. The zero-order chi connectivity index (χ0) is 2.00. The summed E-state index contributed by atoms with van der Waals surface area (Å²) in [7, 11) is 0. The van der Waals surface area contributed by atoms with Crippen molar-refractivity contribution in [2.24, 2.45) is 0 Å². The van der Waals surface area contributed by atoms with Crippen molar-refractivity contribution in [3.05, 3.63) is 0 Å². The van der Waals surface area contributed by atoms with Gasteiger partial charge in [-0.1, -0.05) is 0 Å². The fourth-order valence-corrected chi connectivity index (χ4v) is 0. The first-order valence-corrected chi connectivity index (χ1v) is 0.842. The Morgan fingerprint density at radius 2 is 1.25 bits per heavy atom. The van der Waals surface area contributed by atoms with Gasteiger partial charge in [0.2, 0.25) is 0 Å². The third-order valence-corrected chi connectivity index (χ3v) is 0. The topological polar surface area (TPSA) is 17.1 Å². The van der Waals surface area contributed by atoms with Gasteiger partial charge in [0.05, 0.1) is 0 Å². The third kappa shape index (κ3) is 9.07. The predicted octanol–water partition coefficient (Wildman–Crippen LogP) is -0.126. The smallest absolute Gasteiger partial charge is 0 e. The van der Waals surface area contributed by atoms with Gasteiger partial charge in [0.1, 0.15) is 0 Å². The molecule has 4 heavy (non-hydrogen) atoms. The van der Waals surface area contributed by atoms with E-state index >= 15 is 0 Å². The molecule has 4 heteroatoms. The van der Waals surface area contributed by atoms with Gasteiger partial charge in [0, 0.05) is 43.3 Å². The summed E-state index contributed by atoms with van der Waals surface area (Å²) < 4.78 is 8.25. The Morgan fingerprint density at radius 3 is 1.25 bits per heavy atom. The quantitative estimate of drug-likeness (QED) is 0.518. The van der Waals surface area contributed by atoms with Gasteiger partial charge in [0.25, 0.3) is 0 Å². The molecule has 0 fully saturated rings. The first-order valence-electron chi connectivity index (χ1n) is 0.204. The molecule has 0 aromatic heterocycles. The molecule has 0 saturated carbocycles. The van der Waals surface area contributed by atoms with Crippen LogP contribution in [0.25, 0.3) is 0 Å². The normalized spacial score (nSPS) is 0.750. The molecule has 0 spiro atoms. The van der Waals surface area contributed by atoms with Gasteiger partial charge >= 0.3 is 23.7 Å². The maximum Gasteiger partial charge on any atom is 0 e. The van der Waals surface area contributed by atoms with E-state index in [-0.39, 0.29) is 43.3 Å². The van der Waals surface area contributed by atoms with Crippen LogP contribution in [0.5, 0.6) is 0 Å². The van der Waals surface area contributed by atoms with Crippen molar-refractivity contribution in [2.45, 2.75) is 0 Å². The third-order valence-electron chi connectivity index (χ3n) is 0. The Hall–Kier alpha value is 1.92. The van der Waals surface area contributed by atoms with Gasteiger partial charge in [0.15, 0.2) is 0 Å². The molecule has 0 heterocycles. The van der Waals surface area contributed by atoms with E-state index in [4.69, 9.17) is 3.32 Å². The summed E-state index contributed by atoms with van der Waals surface area (Å²) in [6.07, 6.45) is 0. The van der Waals surface area contributed by atoms with Crippen molar-refractivity contribution >= 4 is 0 Å². The van der Waals surface area contributed by atoms with E-state index in [9.17, 15) is 0 Å². The van der Waals surface area contributed by atoms with Crippen molar-refractivity contribution < 1.29 is 67.0 Å². The minimum Gasteiger partial charge on any atom is 0 e. The van der Waals surface area contributed by atoms with E-state index in [0.717, 1.165) is 20.4 Å². The van der Waals surface area contributed by atoms with Crippen molar-refractivity contribution in [2.75, 3.05) is 0 Å². The zero-order valence-electron chi connectivity index (χ0n) is 1.71. The SMILES string of the molecule is [Cu].[O]=[Ti].[Zr]. The second kappa shape index (κ2) is 20.5. The van der Waals surface area contributed by atoms with Gasteiger partial charge in [-0.25, -0.2) is 0 Å². The molecular formula is CuOTiZr. The Bertz CT molecular complexity index is 8.00. The second-order valence-electron chi connectivity index (χ2n) is 0. The standard InChI is InChI=1S/Cu.O.Ti.Zr. The van der Waals surface area contributed by atoms with Crippen LogP contribution in [0, 0.1) is 0 Å². The average Bonchev–Trinajstić information content (AvgIpc) is 1.00. The number of rotatable bonds is 0. The van der Waals surface area contributed by atoms with E-state index in [0.29, 0.717) is 0 Å². The molecule has 0 amide bonds. The summed E-state index contributed by atoms with van der Waals surface area (Å²) in [5, 5.41) is 0. The van der Waals surface area contributed by atoms with Gasteiger partial charge in [-0.05, 0) is 0 Å². The Kier molecular flexibility index (Phi) is 86.3. The Morgan fingerprint density at radius 1 is 1.25 bits per heavy atom. The molecule has 0 bridgehead atoms. The van der Waals surface area contributed by atoms with E-state index in [1.165, 1.54) is 0 Å². The molecule has 0 aromatic carbocycles. The molecule has 0 saturated heterocycles. The molecular weight excluding hydrogens is 219 g/mol. The minimum absolute atomic E-state index is 0. The van der Waals surface area contributed by atoms with Crippen LogP contribution in [0.1, 0.15) is 0 Å². The van der Waals surface area contributed by atoms with E-state index in [2.05, 4.69) is 0 Å². The molecule has 0 aliphatic heterocycles. The summed E-state index contributed by atoms with van der Waals surface area (Å²) in [4.78, 5) is 0. The van der Waals surface area contributed by atoms with Crippen LogP contribution in [0.4, 0.5) is 0 Å². The summed E-state index contributed by atoms with van der Waals surface area (Å²) >= 11 is 0.750. The van der Waals surface area contributed by atoms with Crippen molar-refractivity contribution in [3.63, 3.8) is 0 Å². The van der Waals surface area contributed by atoms with Crippen molar-refractivity contribution in [1.82, 2.24) is 0 Å². The maximum atomic E-state index is 8.25. The average molecular weight is 219 g/mol. The largest absolute Gasteiger partial charge is 0 e. The van der Waals surface area contributed by atoms with Gasteiger partial charge < -0.3 is 0 Å². The van der Waals surface area contributed by atoms with Crippen LogP contribution >= 0.6 is 0 Å². The van der Waals surface area contributed by atoms with Gasteiger partial charge in [-0.3, -0.25) is 0 Å². The summed E-state index contributed by atoms with van der Waals surface area (Å²) in [5.74, 6) is 0. The predicted molar refractivity (Wildman–Crippen MR) is 0.686 cm³/mol. The summed E-state index contributed by atoms with van der Waals surface area (Å²) in [6, 6.07) is 0. The summed E-state index contributed by atoms with van der Waals surface area (Å²) in [6.45, 7) is 0. The molecule has 0 aliphatic rings. The van der Waals surface area contributed by atoms with Crippen LogP contribution in [0.15, 0.2) is 0 Å². The molecule has 0 rings (SSSR count). The van der Waals surface area contributed by atoms with Crippen LogP contribution in [-0.2, 0) is 67.0 Å². The van der Waals surface area contributed by atoms with Crippen LogP contribution in [-0.4, -0.2) is 0 Å².